The zero-order valence-electron chi connectivity index (χ0n) is 10.4. The van der Waals surface area contributed by atoms with Crippen LogP contribution < -0.4 is 10.6 Å². The second-order valence-electron chi connectivity index (χ2n) is 4.51. The zero-order valence-corrected chi connectivity index (χ0v) is 11.2. The van der Waals surface area contributed by atoms with Gasteiger partial charge >= 0.3 is 0 Å². The predicted octanol–water partition coefficient (Wildman–Crippen LogP) is 2.22. The Bertz CT molecular complexity index is 425. The van der Waals surface area contributed by atoms with Crippen LogP contribution in [0.25, 0.3) is 0 Å². The van der Waals surface area contributed by atoms with Crippen molar-refractivity contribution in [2.45, 2.75) is 19.4 Å². The molecule has 4 heteroatoms. The monoisotopic (exact) mass is 249 g/mol. The molecule has 92 valence electrons. The van der Waals surface area contributed by atoms with Crippen LogP contribution in [0.1, 0.15) is 17.5 Å². The van der Waals surface area contributed by atoms with E-state index in [4.69, 9.17) is 11.1 Å². The molecule has 1 aliphatic rings. The van der Waals surface area contributed by atoms with Gasteiger partial charge in [0.1, 0.15) is 5.84 Å². The minimum Gasteiger partial charge on any atom is -0.384 e. The molecular weight excluding hydrogens is 230 g/mol. The van der Waals surface area contributed by atoms with Crippen LogP contribution in [0.3, 0.4) is 0 Å². The number of rotatable bonds is 3. The Labute approximate surface area is 107 Å². The standard InChI is InChI=1S/C13H19N3S/c1-9-4-3-5-11(13(14)15)12(9)16(2)10-6-7-17-8-10/h3-5,10H,6-8H2,1-2H3,(H3,14,15). The molecule has 1 atom stereocenters. The van der Waals surface area contributed by atoms with Crippen LogP contribution in [0, 0.1) is 12.3 Å². The van der Waals surface area contributed by atoms with E-state index in [0.29, 0.717) is 6.04 Å². The Hall–Kier alpha value is -1.16. The number of nitrogens with two attached hydrogens (primary N) is 1. The van der Waals surface area contributed by atoms with E-state index in [1.807, 2.05) is 23.9 Å². The van der Waals surface area contributed by atoms with Crippen molar-refractivity contribution in [1.29, 1.82) is 5.41 Å². The minimum atomic E-state index is 0.154. The lowest BCUT2D eigenvalue weighted by Crippen LogP contribution is -2.33. The summed E-state index contributed by atoms with van der Waals surface area (Å²) in [6.45, 7) is 2.08. The van der Waals surface area contributed by atoms with E-state index in [1.54, 1.807) is 0 Å². The molecule has 1 fully saturated rings. The summed E-state index contributed by atoms with van der Waals surface area (Å²) in [5, 5.41) is 7.68. The molecule has 0 amide bonds. The zero-order chi connectivity index (χ0) is 12.4. The van der Waals surface area contributed by atoms with Gasteiger partial charge in [0.2, 0.25) is 0 Å². The topological polar surface area (TPSA) is 53.1 Å². The summed E-state index contributed by atoms with van der Waals surface area (Å²) in [5.41, 5.74) is 8.83. The summed E-state index contributed by atoms with van der Waals surface area (Å²) >= 11 is 2.00. The van der Waals surface area contributed by atoms with Gasteiger partial charge in [0, 0.05) is 24.4 Å². The van der Waals surface area contributed by atoms with Gasteiger partial charge in [-0.2, -0.15) is 11.8 Å². The molecule has 1 unspecified atom stereocenters. The molecule has 1 heterocycles. The van der Waals surface area contributed by atoms with Gasteiger partial charge in [-0.05, 0) is 30.7 Å². The van der Waals surface area contributed by atoms with Crippen LogP contribution >= 0.6 is 11.8 Å². The van der Waals surface area contributed by atoms with Crippen molar-refractivity contribution in [2.75, 3.05) is 23.5 Å². The number of nitrogens with zero attached hydrogens (tertiary/aromatic N) is 1. The third kappa shape index (κ3) is 2.41. The van der Waals surface area contributed by atoms with E-state index in [2.05, 4.69) is 24.9 Å². The van der Waals surface area contributed by atoms with Gasteiger partial charge in [-0.3, -0.25) is 5.41 Å². The fourth-order valence-corrected chi connectivity index (χ4v) is 3.62. The Morgan fingerprint density at radius 1 is 1.53 bits per heavy atom. The number of nitrogen functional groups attached to an aromatic ring is 1. The molecular formula is C13H19N3S. The molecule has 3 N–H and O–H groups in total. The van der Waals surface area contributed by atoms with E-state index in [-0.39, 0.29) is 5.84 Å². The van der Waals surface area contributed by atoms with Gasteiger partial charge in [0.05, 0.1) is 5.69 Å². The third-order valence-electron chi connectivity index (χ3n) is 3.33. The number of para-hydroxylation sites is 1. The van der Waals surface area contributed by atoms with Crippen LogP contribution in [0.5, 0.6) is 0 Å². The Morgan fingerprint density at radius 3 is 2.88 bits per heavy atom. The van der Waals surface area contributed by atoms with Crippen molar-refractivity contribution in [3.63, 3.8) is 0 Å². The number of thioether (sulfide) groups is 1. The second-order valence-corrected chi connectivity index (χ2v) is 5.66. The van der Waals surface area contributed by atoms with E-state index in [0.717, 1.165) is 11.3 Å². The first kappa shape index (κ1) is 12.3. The van der Waals surface area contributed by atoms with Crippen LogP contribution in [-0.2, 0) is 0 Å². The summed E-state index contributed by atoms with van der Waals surface area (Å²) in [6.07, 6.45) is 1.22. The number of aryl methyl sites for hydroxylation is 1. The smallest absolute Gasteiger partial charge is 0.124 e. The second kappa shape index (κ2) is 5.00. The van der Waals surface area contributed by atoms with Crippen molar-refractivity contribution in [2.24, 2.45) is 5.73 Å². The average Bonchev–Trinajstić information content (AvgIpc) is 2.81. The van der Waals surface area contributed by atoms with Gasteiger partial charge in [-0.1, -0.05) is 12.1 Å². The minimum absolute atomic E-state index is 0.154. The maximum absolute atomic E-state index is 7.68. The lowest BCUT2D eigenvalue weighted by atomic mass is 10.0. The molecule has 1 saturated heterocycles. The largest absolute Gasteiger partial charge is 0.384 e. The molecule has 0 radical (unpaired) electrons. The van der Waals surface area contributed by atoms with Gasteiger partial charge < -0.3 is 10.6 Å². The fourth-order valence-electron chi connectivity index (χ4n) is 2.35. The molecule has 1 aromatic carbocycles. The highest BCUT2D eigenvalue weighted by Gasteiger charge is 2.23. The lowest BCUT2D eigenvalue weighted by molar-refractivity contribution is 0.698. The van der Waals surface area contributed by atoms with E-state index >= 15 is 0 Å². The highest BCUT2D eigenvalue weighted by Crippen LogP contribution is 2.30. The maximum Gasteiger partial charge on any atom is 0.124 e. The summed E-state index contributed by atoms with van der Waals surface area (Å²) in [4.78, 5) is 2.30. The number of hydrogen-bond donors (Lipinski definition) is 2. The van der Waals surface area contributed by atoms with Crippen molar-refractivity contribution >= 4 is 23.3 Å². The van der Waals surface area contributed by atoms with Crippen molar-refractivity contribution in [3.8, 4) is 0 Å². The van der Waals surface area contributed by atoms with E-state index < -0.39 is 0 Å². The Morgan fingerprint density at radius 2 is 2.29 bits per heavy atom. The normalized spacial score (nSPS) is 19.3. The number of amidine groups is 1. The maximum atomic E-state index is 7.68. The Kier molecular flexibility index (Phi) is 3.62. The van der Waals surface area contributed by atoms with Gasteiger partial charge in [0.25, 0.3) is 0 Å². The number of nitrogens with one attached hydrogen (secondary N) is 1. The van der Waals surface area contributed by atoms with Gasteiger partial charge in [0.15, 0.2) is 0 Å². The number of anilines is 1. The molecule has 0 aromatic heterocycles. The van der Waals surface area contributed by atoms with Gasteiger partial charge in [-0.25, -0.2) is 0 Å². The highest BCUT2D eigenvalue weighted by molar-refractivity contribution is 7.99. The first-order valence-corrected chi connectivity index (χ1v) is 7.01. The summed E-state index contributed by atoms with van der Waals surface area (Å²) < 4.78 is 0. The van der Waals surface area contributed by atoms with Crippen molar-refractivity contribution in [1.82, 2.24) is 0 Å². The third-order valence-corrected chi connectivity index (χ3v) is 4.48. The molecule has 1 aliphatic heterocycles. The average molecular weight is 249 g/mol. The van der Waals surface area contributed by atoms with Crippen LogP contribution in [0.2, 0.25) is 0 Å². The van der Waals surface area contributed by atoms with Crippen molar-refractivity contribution in [3.05, 3.63) is 29.3 Å². The number of benzene rings is 1. The highest BCUT2D eigenvalue weighted by atomic mass is 32.2. The molecule has 0 spiro atoms. The van der Waals surface area contributed by atoms with Crippen LogP contribution in [0.4, 0.5) is 5.69 Å². The predicted molar refractivity (Wildman–Crippen MR) is 76.3 cm³/mol. The first-order chi connectivity index (χ1) is 8.11. The summed E-state index contributed by atoms with van der Waals surface area (Å²) in [6, 6.07) is 6.55. The lowest BCUT2D eigenvalue weighted by Gasteiger charge is -2.29. The fraction of sp³-hybridized carbons (Fsp3) is 0.462. The molecule has 3 nitrogen and oxygen atoms in total. The Balaban J connectivity index is 2.38. The summed E-state index contributed by atoms with van der Waals surface area (Å²) in [7, 11) is 2.12. The van der Waals surface area contributed by atoms with Gasteiger partial charge in [-0.15, -0.1) is 0 Å². The van der Waals surface area contributed by atoms with E-state index in [1.165, 1.54) is 23.5 Å². The quantitative estimate of drug-likeness (QED) is 0.638. The van der Waals surface area contributed by atoms with Crippen LogP contribution in [0.15, 0.2) is 18.2 Å². The number of hydrogen-bond acceptors (Lipinski definition) is 3. The molecule has 0 aliphatic carbocycles. The van der Waals surface area contributed by atoms with E-state index in [9.17, 15) is 0 Å². The van der Waals surface area contributed by atoms with Crippen molar-refractivity contribution < 1.29 is 0 Å². The first-order valence-electron chi connectivity index (χ1n) is 5.86. The molecule has 2 rings (SSSR count). The molecule has 0 saturated carbocycles. The summed E-state index contributed by atoms with van der Waals surface area (Å²) in [5.74, 6) is 2.56. The molecule has 17 heavy (non-hydrogen) atoms. The molecule has 1 aromatic rings. The molecule has 0 bridgehead atoms. The SMILES string of the molecule is Cc1cccc(C(=N)N)c1N(C)C1CCSC1. The van der Waals surface area contributed by atoms with Crippen LogP contribution in [-0.4, -0.2) is 30.4 Å².